The summed E-state index contributed by atoms with van der Waals surface area (Å²) in [4.78, 5) is 14.9. The number of carbonyl (C=O) groups excluding carboxylic acids is 1. The van der Waals surface area contributed by atoms with Gasteiger partial charge >= 0.3 is 0 Å². The van der Waals surface area contributed by atoms with Gasteiger partial charge < -0.3 is 10.6 Å². The number of nitrogens with one attached hydrogen (secondary N) is 2. The monoisotopic (exact) mass is 329 g/mol. The molecular formula is C20H31N3O. The van der Waals surface area contributed by atoms with Crippen molar-refractivity contribution in [1.82, 2.24) is 15.5 Å². The standard InChI is InChI=1S/C20H31N3O/c1-16-9-12-23(13-10-16)15-18-7-3-2-6-17(18)14-22-20(24)19-8-4-5-11-21-19/h2-3,6-7,16,19,21H,4-5,8-15H2,1H3,(H,22,24). The van der Waals surface area contributed by atoms with Crippen LogP contribution in [-0.4, -0.2) is 36.5 Å². The van der Waals surface area contributed by atoms with E-state index >= 15 is 0 Å². The van der Waals surface area contributed by atoms with Crippen LogP contribution in [0.4, 0.5) is 0 Å². The van der Waals surface area contributed by atoms with Crippen LogP contribution in [0, 0.1) is 5.92 Å². The quantitative estimate of drug-likeness (QED) is 0.873. The first-order valence-corrected chi connectivity index (χ1v) is 9.52. The van der Waals surface area contributed by atoms with Crippen LogP contribution >= 0.6 is 0 Å². The molecule has 0 bridgehead atoms. The van der Waals surface area contributed by atoms with Crippen LogP contribution in [0.25, 0.3) is 0 Å². The van der Waals surface area contributed by atoms with Crippen LogP contribution in [0.2, 0.25) is 0 Å². The third-order valence-corrected chi connectivity index (χ3v) is 5.47. The number of rotatable bonds is 5. The molecule has 0 saturated carbocycles. The highest BCUT2D eigenvalue weighted by atomic mass is 16.2. The third-order valence-electron chi connectivity index (χ3n) is 5.47. The van der Waals surface area contributed by atoms with Crippen LogP contribution in [0.15, 0.2) is 24.3 Å². The molecule has 2 saturated heterocycles. The zero-order chi connectivity index (χ0) is 16.8. The molecule has 2 aliphatic rings. The molecule has 2 N–H and O–H groups in total. The summed E-state index contributed by atoms with van der Waals surface area (Å²) in [6, 6.07) is 8.53. The van der Waals surface area contributed by atoms with Crippen molar-refractivity contribution in [3.05, 3.63) is 35.4 Å². The minimum atomic E-state index is -0.00510. The van der Waals surface area contributed by atoms with Gasteiger partial charge in [-0.15, -0.1) is 0 Å². The summed E-state index contributed by atoms with van der Waals surface area (Å²) in [7, 11) is 0. The summed E-state index contributed by atoms with van der Waals surface area (Å²) in [5.41, 5.74) is 2.60. The molecule has 0 aromatic heterocycles. The van der Waals surface area contributed by atoms with Crippen molar-refractivity contribution >= 4 is 5.91 Å². The van der Waals surface area contributed by atoms with Crippen LogP contribution in [0.5, 0.6) is 0 Å². The summed E-state index contributed by atoms with van der Waals surface area (Å²) in [6.07, 6.45) is 5.88. The van der Waals surface area contributed by atoms with Gasteiger partial charge in [-0.2, -0.15) is 0 Å². The molecule has 4 heteroatoms. The fourth-order valence-corrected chi connectivity index (χ4v) is 3.73. The minimum absolute atomic E-state index is 0.00510. The second kappa shape index (κ2) is 8.63. The minimum Gasteiger partial charge on any atom is -0.351 e. The lowest BCUT2D eigenvalue weighted by molar-refractivity contribution is -0.123. The Morgan fingerprint density at radius 2 is 1.92 bits per heavy atom. The topological polar surface area (TPSA) is 44.4 Å². The van der Waals surface area contributed by atoms with Crippen LogP contribution < -0.4 is 10.6 Å². The molecule has 2 heterocycles. The maximum Gasteiger partial charge on any atom is 0.237 e. The molecule has 3 rings (SSSR count). The zero-order valence-corrected chi connectivity index (χ0v) is 14.9. The van der Waals surface area contributed by atoms with E-state index in [4.69, 9.17) is 0 Å². The molecule has 24 heavy (non-hydrogen) atoms. The molecule has 4 nitrogen and oxygen atoms in total. The first kappa shape index (κ1) is 17.4. The predicted molar refractivity (Wildman–Crippen MR) is 97.6 cm³/mol. The van der Waals surface area contributed by atoms with Gasteiger partial charge in [0.2, 0.25) is 5.91 Å². The van der Waals surface area contributed by atoms with Crippen molar-refractivity contribution in [2.24, 2.45) is 5.92 Å². The number of hydrogen-bond donors (Lipinski definition) is 2. The lowest BCUT2D eigenvalue weighted by Gasteiger charge is -2.30. The number of hydrogen-bond acceptors (Lipinski definition) is 3. The largest absolute Gasteiger partial charge is 0.351 e. The number of piperidine rings is 2. The molecular weight excluding hydrogens is 298 g/mol. The van der Waals surface area contributed by atoms with E-state index in [-0.39, 0.29) is 11.9 Å². The summed E-state index contributed by atoms with van der Waals surface area (Å²) in [6.45, 7) is 7.32. The van der Waals surface area contributed by atoms with Crippen molar-refractivity contribution in [2.45, 2.75) is 58.2 Å². The molecule has 1 atom stereocenters. The summed E-state index contributed by atoms with van der Waals surface area (Å²) >= 11 is 0. The van der Waals surface area contributed by atoms with Crippen molar-refractivity contribution in [2.75, 3.05) is 19.6 Å². The van der Waals surface area contributed by atoms with Gasteiger partial charge in [-0.05, 0) is 62.4 Å². The molecule has 0 radical (unpaired) electrons. The second-order valence-corrected chi connectivity index (χ2v) is 7.45. The van der Waals surface area contributed by atoms with E-state index < -0.39 is 0 Å². The van der Waals surface area contributed by atoms with E-state index in [0.717, 1.165) is 31.8 Å². The van der Waals surface area contributed by atoms with Gasteiger partial charge in [-0.25, -0.2) is 0 Å². The highest BCUT2D eigenvalue weighted by molar-refractivity contribution is 5.81. The summed E-state index contributed by atoms with van der Waals surface area (Å²) in [5.74, 6) is 1.01. The smallest absolute Gasteiger partial charge is 0.237 e. The van der Waals surface area contributed by atoms with Crippen LogP contribution in [0.1, 0.15) is 50.2 Å². The Balaban J connectivity index is 1.54. The second-order valence-electron chi connectivity index (χ2n) is 7.45. The van der Waals surface area contributed by atoms with E-state index in [1.807, 2.05) is 0 Å². The molecule has 1 unspecified atom stereocenters. The number of nitrogens with zero attached hydrogens (tertiary/aromatic N) is 1. The van der Waals surface area contributed by atoms with Gasteiger partial charge in [-0.1, -0.05) is 37.6 Å². The average molecular weight is 329 g/mol. The van der Waals surface area contributed by atoms with Gasteiger partial charge in [0.15, 0.2) is 0 Å². The van der Waals surface area contributed by atoms with Crippen molar-refractivity contribution in [3.8, 4) is 0 Å². The van der Waals surface area contributed by atoms with Gasteiger partial charge in [0.1, 0.15) is 0 Å². The van der Waals surface area contributed by atoms with Crippen LogP contribution in [0.3, 0.4) is 0 Å². The molecule has 1 amide bonds. The Morgan fingerprint density at radius 3 is 2.62 bits per heavy atom. The SMILES string of the molecule is CC1CCN(Cc2ccccc2CNC(=O)C2CCCCN2)CC1. The van der Waals surface area contributed by atoms with Gasteiger partial charge in [0, 0.05) is 13.1 Å². The van der Waals surface area contributed by atoms with E-state index in [9.17, 15) is 4.79 Å². The fourth-order valence-electron chi connectivity index (χ4n) is 3.73. The molecule has 1 aromatic rings. The Kier molecular flexibility index (Phi) is 6.27. The molecule has 2 aliphatic heterocycles. The Labute approximate surface area is 146 Å². The summed E-state index contributed by atoms with van der Waals surface area (Å²) in [5, 5.41) is 6.45. The number of likely N-dealkylation sites (tertiary alicyclic amines) is 1. The van der Waals surface area contributed by atoms with Gasteiger partial charge in [-0.3, -0.25) is 9.69 Å². The Bertz CT molecular complexity index is 531. The normalized spacial score (nSPS) is 23.1. The molecule has 132 valence electrons. The van der Waals surface area contributed by atoms with Crippen molar-refractivity contribution in [3.63, 3.8) is 0 Å². The van der Waals surface area contributed by atoms with E-state index in [0.29, 0.717) is 6.54 Å². The van der Waals surface area contributed by atoms with Crippen LogP contribution in [-0.2, 0) is 17.9 Å². The Hall–Kier alpha value is -1.39. The lowest BCUT2D eigenvalue weighted by Crippen LogP contribution is -2.46. The lowest BCUT2D eigenvalue weighted by atomic mass is 9.98. The van der Waals surface area contributed by atoms with E-state index in [1.165, 1.54) is 43.5 Å². The molecule has 2 fully saturated rings. The predicted octanol–water partition coefficient (Wildman–Crippen LogP) is 2.68. The highest BCUT2D eigenvalue weighted by Crippen LogP contribution is 2.19. The average Bonchev–Trinajstić information content (AvgIpc) is 2.63. The first-order valence-electron chi connectivity index (χ1n) is 9.52. The van der Waals surface area contributed by atoms with E-state index in [2.05, 4.69) is 46.7 Å². The van der Waals surface area contributed by atoms with Gasteiger partial charge in [0.25, 0.3) is 0 Å². The van der Waals surface area contributed by atoms with E-state index in [1.54, 1.807) is 0 Å². The Morgan fingerprint density at radius 1 is 1.17 bits per heavy atom. The van der Waals surface area contributed by atoms with Crippen molar-refractivity contribution in [1.29, 1.82) is 0 Å². The number of benzene rings is 1. The number of amides is 1. The number of carbonyl (C=O) groups is 1. The molecule has 1 aromatic carbocycles. The summed E-state index contributed by atoms with van der Waals surface area (Å²) < 4.78 is 0. The van der Waals surface area contributed by atoms with Gasteiger partial charge in [0.05, 0.1) is 6.04 Å². The highest BCUT2D eigenvalue weighted by Gasteiger charge is 2.21. The maximum atomic E-state index is 12.3. The zero-order valence-electron chi connectivity index (χ0n) is 14.9. The first-order chi connectivity index (χ1) is 11.7. The molecule has 0 spiro atoms. The van der Waals surface area contributed by atoms with Crippen molar-refractivity contribution < 1.29 is 4.79 Å². The molecule has 0 aliphatic carbocycles. The fraction of sp³-hybridized carbons (Fsp3) is 0.650. The maximum absolute atomic E-state index is 12.3. The third kappa shape index (κ3) is 4.81.